The summed E-state index contributed by atoms with van der Waals surface area (Å²) < 4.78 is 13.2. The molecular formula is C27H31N5O3S. The minimum absolute atomic E-state index is 0.0108. The number of rotatable bonds is 8. The van der Waals surface area contributed by atoms with Gasteiger partial charge in [0.05, 0.1) is 17.8 Å². The maximum absolute atomic E-state index is 12.0. The third-order valence-electron chi connectivity index (χ3n) is 6.73. The number of hydrogen-bond acceptors (Lipinski definition) is 5. The number of anilines is 2. The molecule has 5 rings (SSSR count). The molecule has 0 bridgehead atoms. The molecule has 2 saturated heterocycles. The van der Waals surface area contributed by atoms with E-state index in [1.54, 1.807) is 0 Å². The molecule has 2 aliphatic heterocycles. The van der Waals surface area contributed by atoms with Crippen LogP contribution in [0.2, 0.25) is 0 Å². The highest BCUT2D eigenvalue weighted by Gasteiger charge is 2.42. The number of benzene rings is 1. The molecule has 0 saturated carbocycles. The number of methoxy groups -OCH3 is 1. The largest absolute Gasteiger partial charge is 0.376 e. The van der Waals surface area contributed by atoms with Crippen molar-refractivity contribution in [3.05, 3.63) is 77.9 Å². The van der Waals surface area contributed by atoms with Crippen molar-refractivity contribution >= 4 is 34.6 Å². The highest BCUT2D eigenvalue weighted by molar-refractivity contribution is 7.80. The van der Waals surface area contributed by atoms with Crippen LogP contribution >= 0.6 is 12.2 Å². The Bertz CT molecular complexity index is 1230. The number of nitrogens with zero attached hydrogens (tertiary/aromatic N) is 3. The van der Waals surface area contributed by atoms with Crippen LogP contribution in [0.3, 0.4) is 0 Å². The Morgan fingerprint density at radius 3 is 2.89 bits per heavy atom. The monoisotopic (exact) mass is 505 g/mol. The fraction of sp³-hybridized carbons (Fsp3) is 0.370. The number of carbonyl (C=O) groups is 1. The molecule has 36 heavy (non-hydrogen) atoms. The van der Waals surface area contributed by atoms with Crippen LogP contribution in [0.4, 0.5) is 11.4 Å². The fourth-order valence-corrected chi connectivity index (χ4v) is 5.40. The Morgan fingerprint density at radius 2 is 2.17 bits per heavy atom. The predicted octanol–water partition coefficient (Wildman–Crippen LogP) is 4.13. The van der Waals surface area contributed by atoms with Gasteiger partial charge < -0.3 is 29.6 Å². The number of thiocarbonyl (C=S) groups is 1. The van der Waals surface area contributed by atoms with Gasteiger partial charge in [-0.15, -0.1) is 0 Å². The standard InChI is InChI=1S/C27H31N5O3S/c1-18-15-19(10-11-21(18)29-24(33)17-34-2)32-26(25(30-27(32)36)22-8-3-4-12-28-22)23-9-5-13-31(23)16-20-7-6-14-35-20/h3-5,8-13,15,20,25-26H,6-7,14,16-17H2,1-2H3,(H,29,33)(H,30,36)/t20-,25-,26-/m1/s1. The minimum atomic E-state index is -0.188. The fourth-order valence-electron chi connectivity index (χ4n) is 5.06. The molecular weight excluding hydrogens is 474 g/mol. The summed E-state index contributed by atoms with van der Waals surface area (Å²) in [5.41, 5.74) is 4.71. The minimum Gasteiger partial charge on any atom is -0.376 e. The van der Waals surface area contributed by atoms with Crippen LogP contribution in [-0.4, -0.2) is 47.0 Å². The van der Waals surface area contributed by atoms with Crippen LogP contribution in [0.25, 0.3) is 0 Å². The van der Waals surface area contributed by atoms with Gasteiger partial charge in [0.25, 0.3) is 0 Å². The molecule has 0 aliphatic carbocycles. The second kappa shape index (κ2) is 10.8. The first kappa shape index (κ1) is 24.4. The Labute approximate surface area is 216 Å². The van der Waals surface area contributed by atoms with Gasteiger partial charge in [-0.2, -0.15) is 0 Å². The SMILES string of the molecule is COCC(=O)Nc1ccc(N2C(=S)N[C@H](c3ccccn3)[C@H]2c2cccn2C[C@H]2CCCO2)cc1C. The Balaban J connectivity index is 1.51. The number of aryl methyl sites for hydroxylation is 1. The van der Waals surface area contributed by atoms with Crippen LogP contribution < -0.4 is 15.5 Å². The topological polar surface area (TPSA) is 80.7 Å². The molecule has 0 unspecified atom stereocenters. The van der Waals surface area contributed by atoms with Gasteiger partial charge in [-0.25, -0.2) is 0 Å². The Kier molecular flexibility index (Phi) is 7.31. The molecule has 2 aromatic heterocycles. The maximum Gasteiger partial charge on any atom is 0.250 e. The highest BCUT2D eigenvalue weighted by Crippen LogP contribution is 2.42. The lowest BCUT2D eigenvalue weighted by Gasteiger charge is -2.30. The molecule has 3 aromatic rings. The summed E-state index contributed by atoms with van der Waals surface area (Å²) in [6.07, 6.45) is 6.32. The first-order valence-electron chi connectivity index (χ1n) is 12.2. The van der Waals surface area contributed by atoms with Crippen molar-refractivity contribution in [2.45, 2.75) is 44.5 Å². The average Bonchev–Trinajstić information content (AvgIpc) is 3.62. The molecule has 2 N–H and O–H groups in total. The van der Waals surface area contributed by atoms with E-state index in [2.05, 4.69) is 49.5 Å². The second-order valence-electron chi connectivity index (χ2n) is 9.20. The number of ether oxygens (including phenoxy) is 2. The van der Waals surface area contributed by atoms with Crippen LogP contribution in [-0.2, 0) is 20.8 Å². The Morgan fingerprint density at radius 1 is 1.28 bits per heavy atom. The number of amides is 1. The summed E-state index contributed by atoms with van der Waals surface area (Å²) in [5.74, 6) is -0.188. The van der Waals surface area contributed by atoms with Gasteiger partial charge in [0, 0.05) is 49.7 Å². The average molecular weight is 506 g/mol. The highest BCUT2D eigenvalue weighted by atomic mass is 32.1. The van der Waals surface area contributed by atoms with Gasteiger partial charge in [0.1, 0.15) is 12.6 Å². The van der Waals surface area contributed by atoms with E-state index in [1.165, 1.54) is 7.11 Å². The molecule has 0 radical (unpaired) electrons. The Hall–Kier alpha value is -3.27. The van der Waals surface area contributed by atoms with Crippen molar-refractivity contribution in [2.75, 3.05) is 30.5 Å². The van der Waals surface area contributed by atoms with Gasteiger partial charge in [-0.3, -0.25) is 9.78 Å². The van der Waals surface area contributed by atoms with Crippen molar-refractivity contribution in [3.63, 3.8) is 0 Å². The summed E-state index contributed by atoms with van der Waals surface area (Å²) in [7, 11) is 1.50. The normalized spacial score (nSPS) is 21.6. The molecule has 0 spiro atoms. The summed E-state index contributed by atoms with van der Waals surface area (Å²) >= 11 is 5.88. The van der Waals surface area contributed by atoms with E-state index in [4.69, 9.17) is 21.7 Å². The zero-order valence-corrected chi connectivity index (χ0v) is 21.3. The van der Waals surface area contributed by atoms with Gasteiger partial charge in [0.2, 0.25) is 5.91 Å². The zero-order valence-electron chi connectivity index (χ0n) is 20.5. The number of pyridine rings is 1. The van der Waals surface area contributed by atoms with Crippen molar-refractivity contribution in [3.8, 4) is 0 Å². The lowest BCUT2D eigenvalue weighted by atomic mass is 10.0. The predicted molar refractivity (Wildman–Crippen MR) is 143 cm³/mol. The third kappa shape index (κ3) is 5.00. The van der Waals surface area contributed by atoms with Gasteiger partial charge >= 0.3 is 0 Å². The molecule has 9 heteroatoms. The van der Waals surface area contributed by atoms with E-state index < -0.39 is 0 Å². The van der Waals surface area contributed by atoms with E-state index in [1.807, 2.05) is 43.5 Å². The second-order valence-corrected chi connectivity index (χ2v) is 9.58. The van der Waals surface area contributed by atoms with Gasteiger partial charge in [-0.1, -0.05) is 6.07 Å². The van der Waals surface area contributed by atoms with E-state index in [0.29, 0.717) is 5.11 Å². The van der Waals surface area contributed by atoms with E-state index in [0.717, 1.165) is 54.3 Å². The number of hydrogen-bond donors (Lipinski definition) is 2. The summed E-state index contributed by atoms with van der Waals surface area (Å²) in [5, 5.41) is 7.06. The molecule has 2 aliphatic rings. The molecule has 4 heterocycles. The van der Waals surface area contributed by atoms with Crippen LogP contribution in [0.15, 0.2) is 60.9 Å². The van der Waals surface area contributed by atoms with E-state index in [9.17, 15) is 4.79 Å². The van der Waals surface area contributed by atoms with Gasteiger partial charge in [0.15, 0.2) is 5.11 Å². The van der Waals surface area contributed by atoms with Crippen molar-refractivity contribution < 1.29 is 14.3 Å². The first-order chi connectivity index (χ1) is 17.5. The van der Waals surface area contributed by atoms with Gasteiger partial charge in [-0.05, 0) is 80.0 Å². The maximum atomic E-state index is 12.0. The van der Waals surface area contributed by atoms with Crippen LogP contribution in [0, 0.1) is 6.92 Å². The first-order valence-corrected chi connectivity index (χ1v) is 12.6. The molecule has 1 aromatic carbocycles. The molecule has 2 fully saturated rings. The summed E-state index contributed by atoms with van der Waals surface area (Å²) in [6, 6.07) is 15.9. The number of carbonyl (C=O) groups excluding carboxylic acids is 1. The smallest absolute Gasteiger partial charge is 0.250 e. The van der Waals surface area contributed by atoms with Crippen molar-refractivity contribution in [1.82, 2.24) is 14.9 Å². The molecule has 188 valence electrons. The molecule has 8 nitrogen and oxygen atoms in total. The lowest BCUT2D eigenvalue weighted by molar-refractivity contribution is -0.119. The van der Waals surface area contributed by atoms with E-state index >= 15 is 0 Å². The zero-order chi connectivity index (χ0) is 25.1. The molecule has 3 atom stereocenters. The van der Waals surface area contributed by atoms with Crippen LogP contribution in [0.1, 0.15) is 41.9 Å². The van der Waals surface area contributed by atoms with Crippen LogP contribution in [0.5, 0.6) is 0 Å². The van der Waals surface area contributed by atoms with E-state index in [-0.39, 0.29) is 30.7 Å². The lowest BCUT2D eigenvalue weighted by Crippen LogP contribution is -2.31. The third-order valence-corrected chi connectivity index (χ3v) is 7.04. The number of aromatic nitrogens is 2. The molecule has 1 amide bonds. The number of nitrogens with one attached hydrogen (secondary N) is 2. The summed E-state index contributed by atoms with van der Waals surface area (Å²) in [4.78, 5) is 18.9. The van der Waals surface area contributed by atoms with Crippen molar-refractivity contribution in [1.29, 1.82) is 0 Å². The summed E-state index contributed by atoms with van der Waals surface area (Å²) in [6.45, 7) is 3.62. The van der Waals surface area contributed by atoms with Crippen molar-refractivity contribution in [2.24, 2.45) is 0 Å². The quantitative estimate of drug-likeness (QED) is 0.446.